The van der Waals surface area contributed by atoms with Crippen molar-refractivity contribution in [2.24, 2.45) is 0 Å². The van der Waals surface area contributed by atoms with Gasteiger partial charge in [0.2, 0.25) is 0 Å². The lowest BCUT2D eigenvalue weighted by Crippen LogP contribution is -2.11. The molecule has 6 nitrogen and oxygen atoms in total. The van der Waals surface area contributed by atoms with Gasteiger partial charge in [0.05, 0.1) is 25.2 Å². The van der Waals surface area contributed by atoms with Gasteiger partial charge in [-0.25, -0.2) is 14.8 Å². The number of carbonyl (C=O) groups is 1. The van der Waals surface area contributed by atoms with Gasteiger partial charge in [-0.1, -0.05) is 0 Å². The number of imidazole rings is 1. The van der Waals surface area contributed by atoms with E-state index in [1.54, 1.807) is 12.5 Å². The van der Waals surface area contributed by atoms with Gasteiger partial charge in [0.1, 0.15) is 6.33 Å². The molecule has 2 aromatic rings. The maximum atomic E-state index is 11.5. The van der Waals surface area contributed by atoms with Crippen molar-refractivity contribution >= 4 is 5.97 Å². The first-order valence-electron chi connectivity index (χ1n) is 6.25. The molecule has 0 N–H and O–H groups in total. The molecule has 0 fully saturated rings. The van der Waals surface area contributed by atoms with Crippen LogP contribution in [0.25, 0.3) is 5.82 Å². The van der Waals surface area contributed by atoms with E-state index in [0.29, 0.717) is 5.82 Å². The normalized spacial score (nSPS) is 13.9. The van der Waals surface area contributed by atoms with Crippen LogP contribution < -0.4 is 0 Å². The van der Waals surface area contributed by atoms with Gasteiger partial charge in [0.15, 0.2) is 11.5 Å². The fourth-order valence-electron chi connectivity index (χ4n) is 2.34. The van der Waals surface area contributed by atoms with Crippen molar-refractivity contribution in [1.29, 1.82) is 0 Å². The Hall–Kier alpha value is -2.24. The lowest BCUT2D eigenvalue weighted by molar-refractivity contribution is 0.0593. The molecule has 0 aliphatic heterocycles. The summed E-state index contributed by atoms with van der Waals surface area (Å²) in [5, 5.41) is 0. The van der Waals surface area contributed by atoms with Crippen LogP contribution in [-0.2, 0) is 17.6 Å². The predicted octanol–water partition coefficient (Wildman–Crippen LogP) is 1.33. The van der Waals surface area contributed by atoms with E-state index >= 15 is 0 Å². The number of aromatic nitrogens is 4. The van der Waals surface area contributed by atoms with Gasteiger partial charge in [-0.15, -0.1) is 0 Å². The van der Waals surface area contributed by atoms with Crippen molar-refractivity contribution in [3.05, 3.63) is 35.8 Å². The van der Waals surface area contributed by atoms with Crippen LogP contribution in [0.1, 0.15) is 34.7 Å². The summed E-state index contributed by atoms with van der Waals surface area (Å²) in [6, 6.07) is 0. The highest BCUT2D eigenvalue weighted by molar-refractivity contribution is 5.86. The Bertz CT molecular complexity index is 621. The van der Waals surface area contributed by atoms with Crippen molar-refractivity contribution in [3.8, 4) is 5.82 Å². The zero-order valence-electron chi connectivity index (χ0n) is 10.7. The Morgan fingerprint density at radius 3 is 3.00 bits per heavy atom. The predicted molar refractivity (Wildman–Crippen MR) is 67.1 cm³/mol. The number of rotatable bonds is 2. The second-order valence-corrected chi connectivity index (χ2v) is 4.47. The summed E-state index contributed by atoms with van der Waals surface area (Å²) in [4.78, 5) is 24.2. The number of hydrogen-bond donors (Lipinski definition) is 0. The minimum absolute atomic E-state index is 0.207. The molecule has 0 spiro atoms. The molecule has 3 rings (SSSR count). The number of ether oxygens (including phenoxy) is 1. The molecule has 2 heterocycles. The molecular formula is C13H14N4O2. The summed E-state index contributed by atoms with van der Waals surface area (Å²) in [5.74, 6) is 0.127. The number of hydrogen-bond acceptors (Lipinski definition) is 5. The minimum atomic E-state index is -0.483. The van der Waals surface area contributed by atoms with Gasteiger partial charge in [-0.3, -0.25) is 9.55 Å². The van der Waals surface area contributed by atoms with E-state index in [-0.39, 0.29) is 5.69 Å². The second kappa shape index (κ2) is 4.79. The smallest absolute Gasteiger partial charge is 0.358 e. The first-order valence-corrected chi connectivity index (χ1v) is 6.25. The van der Waals surface area contributed by atoms with E-state index in [9.17, 15) is 4.79 Å². The van der Waals surface area contributed by atoms with Gasteiger partial charge < -0.3 is 4.74 Å². The lowest BCUT2D eigenvalue weighted by Gasteiger charge is -2.13. The number of esters is 1. The van der Waals surface area contributed by atoms with Crippen molar-refractivity contribution in [3.63, 3.8) is 0 Å². The summed E-state index contributed by atoms with van der Waals surface area (Å²) in [6.07, 6.45) is 9.11. The van der Waals surface area contributed by atoms with Gasteiger partial charge in [0.25, 0.3) is 0 Å². The Labute approximate surface area is 110 Å². The quantitative estimate of drug-likeness (QED) is 0.760. The largest absolute Gasteiger partial charge is 0.464 e. The second-order valence-electron chi connectivity index (χ2n) is 4.47. The summed E-state index contributed by atoms with van der Waals surface area (Å²) >= 11 is 0. The van der Waals surface area contributed by atoms with E-state index in [0.717, 1.165) is 25.0 Å². The minimum Gasteiger partial charge on any atom is -0.464 e. The molecule has 0 saturated heterocycles. The molecule has 2 aromatic heterocycles. The van der Waals surface area contributed by atoms with Gasteiger partial charge in [0, 0.05) is 5.69 Å². The van der Waals surface area contributed by atoms with Gasteiger partial charge in [-0.2, -0.15) is 0 Å². The number of fused-ring (bicyclic) bond motifs is 1. The van der Waals surface area contributed by atoms with Crippen LogP contribution in [0, 0.1) is 0 Å². The van der Waals surface area contributed by atoms with Crippen molar-refractivity contribution in [2.75, 3.05) is 7.11 Å². The van der Waals surface area contributed by atoms with Crippen LogP contribution in [-0.4, -0.2) is 32.6 Å². The number of carbonyl (C=O) groups excluding carboxylic acids is 1. The zero-order valence-corrected chi connectivity index (χ0v) is 10.7. The molecule has 0 radical (unpaired) electrons. The van der Waals surface area contributed by atoms with Gasteiger partial charge in [-0.05, 0) is 25.7 Å². The SMILES string of the molecule is COC(=O)c1cncc(-n2cnc3c2CCCC3)n1. The highest BCUT2D eigenvalue weighted by atomic mass is 16.5. The van der Waals surface area contributed by atoms with E-state index in [1.165, 1.54) is 25.4 Å². The molecule has 98 valence electrons. The molecule has 0 atom stereocenters. The topological polar surface area (TPSA) is 69.9 Å². The van der Waals surface area contributed by atoms with Crippen molar-refractivity contribution in [2.45, 2.75) is 25.7 Å². The first kappa shape index (κ1) is 11.8. The molecule has 1 aliphatic rings. The number of aryl methyl sites for hydroxylation is 1. The van der Waals surface area contributed by atoms with Gasteiger partial charge >= 0.3 is 5.97 Å². The van der Waals surface area contributed by atoms with Crippen LogP contribution in [0.4, 0.5) is 0 Å². The molecule has 0 saturated carbocycles. The number of methoxy groups -OCH3 is 1. The summed E-state index contributed by atoms with van der Waals surface area (Å²) < 4.78 is 6.57. The highest BCUT2D eigenvalue weighted by Gasteiger charge is 2.17. The summed E-state index contributed by atoms with van der Waals surface area (Å²) in [5.41, 5.74) is 2.50. The maximum absolute atomic E-state index is 11.5. The molecule has 6 heteroatoms. The molecule has 19 heavy (non-hydrogen) atoms. The summed E-state index contributed by atoms with van der Waals surface area (Å²) in [6.45, 7) is 0. The van der Waals surface area contributed by atoms with Crippen molar-refractivity contribution < 1.29 is 9.53 Å². The third-order valence-corrected chi connectivity index (χ3v) is 3.29. The molecular weight excluding hydrogens is 244 g/mol. The van der Waals surface area contributed by atoms with E-state index in [1.807, 2.05) is 4.57 Å². The monoisotopic (exact) mass is 258 g/mol. The highest BCUT2D eigenvalue weighted by Crippen LogP contribution is 2.22. The Balaban J connectivity index is 2.02. The maximum Gasteiger partial charge on any atom is 0.358 e. The standard InChI is InChI=1S/C13H14N4O2/c1-19-13(18)10-6-14-7-12(16-10)17-8-15-9-4-2-3-5-11(9)17/h6-8H,2-5H2,1H3. The Kier molecular flexibility index (Phi) is 2.98. The number of nitrogens with zero attached hydrogens (tertiary/aromatic N) is 4. The fourth-order valence-corrected chi connectivity index (χ4v) is 2.34. The fraction of sp³-hybridized carbons (Fsp3) is 0.385. The average molecular weight is 258 g/mol. The van der Waals surface area contributed by atoms with E-state index < -0.39 is 5.97 Å². The molecule has 0 amide bonds. The average Bonchev–Trinajstić information content (AvgIpc) is 2.90. The molecule has 0 bridgehead atoms. The molecule has 0 aromatic carbocycles. The lowest BCUT2D eigenvalue weighted by atomic mass is 10.0. The van der Waals surface area contributed by atoms with Crippen LogP contribution in [0.15, 0.2) is 18.7 Å². The van der Waals surface area contributed by atoms with Crippen LogP contribution >= 0.6 is 0 Å². The Morgan fingerprint density at radius 2 is 2.16 bits per heavy atom. The summed E-state index contributed by atoms with van der Waals surface area (Å²) in [7, 11) is 1.33. The molecule has 0 unspecified atom stereocenters. The molecule has 1 aliphatic carbocycles. The van der Waals surface area contributed by atoms with Crippen LogP contribution in [0.2, 0.25) is 0 Å². The van der Waals surface area contributed by atoms with Crippen molar-refractivity contribution in [1.82, 2.24) is 19.5 Å². The zero-order chi connectivity index (χ0) is 13.2. The van der Waals surface area contributed by atoms with Crippen LogP contribution in [0.5, 0.6) is 0 Å². The third kappa shape index (κ3) is 2.09. The van der Waals surface area contributed by atoms with Crippen LogP contribution in [0.3, 0.4) is 0 Å². The van der Waals surface area contributed by atoms with E-state index in [4.69, 9.17) is 0 Å². The first-order chi connectivity index (χ1) is 9.29. The van der Waals surface area contributed by atoms with E-state index in [2.05, 4.69) is 19.7 Å². The Morgan fingerprint density at radius 1 is 1.32 bits per heavy atom. The third-order valence-electron chi connectivity index (χ3n) is 3.29.